The van der Waals surface area contributed by atoms with Gasteiger partial charge in [0, 0.05) is 38.1 Å². The number of anilines is 1. The first-order valence-electron chi connectivity index (χ1n) is 7.44. The van der Waals surface area contributed by atoms with E-state index in [1.807, 2.05) is 12.1 Å². The summed E-state index contributed by atoms with van der Waals surface area (Å²) in [5, 5.41) is 8.00. The summed E-state index contributed by atoms with van der Waals surface area (Å²) in [6, 6.07) is 12.4. The van der Waals surface area contributed by atoms with Crippen LogP contribution in [0.25, 0.3) is 10.9 Å². The molecule has 1 fully saturated rings. The van der Waals surface area contributed by atoms with Crippen LogP contribution in [-0.4, -0.2) is 49.2 Å². The molecule has 0 saturated carbocycles. The van der Waals surface area contributed by atoms with Gasteiger partial charge in [0.25, 0.3) is 0 Å². The second-order valence-electron chi connectivity index (χ2n) is 5.26. The molecule has 0 radical (unpaired) electrons. The van der Waals surface area contributed by atoms with Crippen molar-refractivity contribution in [2.75, 3.05) is 44.6 Å². The Labute approximate surface area is 120 Å². The number of para-hydroxylation sites is 1. The van der Waals surface area contributed by atoms with E-state index in [9.17, 15) is 0 Å². The van der Waals surface area contributed by atoms with Gasteiger partial charge in [-0.3, -0.25) is 0 Å². The van der Waals surface area contributed by atoms with Crippen LogP contribution in [0.15, 0.2) is 36.4 Å². The Hall–Kier alpha value is -1.65. The molecule has 0 atom stereocenters. The van der Waals surface area contributed by atoms with Gasteiger partial charge < -0.3 is 15.5 Å². The Bertz CT molecular complexity index is 549. The molecule has 4 nitrogen and oxygen atoms in total. The molecule has 0 bridgehead atoms. The summed E-state index contributed by atoms with van der Waals surface area (Å²) in [4.78, 5) is 7.14. The van der Waals surface area contributed by atoms with Crippen LogP contribution in [0.4, 0.5) is 5.82 Å². The zero-order valence-electron chi connectivity index (χ0n) is 11.8. The van der Waals surface area contributed by atoms with E-state index in [1.54, 1.807) is 0 Å². The van der Waals surface area contributed by atoms with Crippen molar-refractivity contribution < 1.29 is 0 Å². The third-order valence-electron chi connectivity index (χ3n) is 3.77. The first-order chi connectivity index (χ1) is 9.92. The molecule has 0 amide bonds. The summed E-state index contributed by atoms with van der Waals surface area (Å²) in [6.45, 7) is 6.75. The minimum absolute atomic E-state index is 0.976. The predicted octanol–water partition coefficient (Wildman–Crippen LogP) is 1.94. The molecule has 20 heavy (non-hydrogen) atoms. The van der Waals surface area contributed by atoms with Crippen molar-refractivity contribution >= 4 is 16.7 Å². The van der Waals surface area contributed by atoms with Crippen LogP contribution in [0, 0.1) is 0 Å². The molecule has 1 aromatic carbocycles. The normalized spacial score (nSPS) is 16.4. The third-order valence-corrected chi connectivity index (χ3v) is 3.77. The smallest absolute Gasteiger partial charge is 0.126 e. The highest BCUT2D eigenvalue weighted by atomic mass is 15.2. The maximum atomic E-state index is 4.62. The van der Waals surface area contributed by atoms with E-state index in [4.69, 9.17) is 0 Å². The fourth-order valence-corrected chi connectivity index (χ4v) is 2.62. The zero-order valence-corrected chi connectivity index (χ0v) is 11.8. The van der Waals surface area contributed by atoms with Crippen molar-refractivity contribution in [2.24, 2.45) is 0 Å². The van der Waals surface area contributed by atoms with Gasteiger partial charge in [-0.05, 0) is 31.2 Å². The molecule has 1 aliphatic rings. The number of aromatic nitrogens is 1. The Balaban J connectivity index is 1.47. The average molecular weight is 270 g/mol. The van der Waals surface area contributed by atoms with Crippen molar-refractivity contribution in [3.05, 3.63) is 36.4 Å². The van der Waals surface area contributed by atoms with Crippen molar-refractivity contribution in [2.45, 2.75) is 6.42 Å². The minimum Gasteiger partial charge on any atom is -0.370 e. The van der Waals surface area contributed by atoms with Crippen molar-refractivity contribution in [3.63, 3.8) is 0 Å². The third kappa shape index (κ3) is 3.46. The predicted molar refractivity (Wildman–Crippen MR) is 84.2 cm³/mol. The molecular formula is C16H22N4. The summed E-state index contributed by atoms with van der Waals surface area (Å²) in [7, 11) is 0. The maximum absolute atomic E-state index is 4.62. The van der Waals surface area contributed by atoms with E-state index in [0.29, 0.717) is 0 Å². The zero-order chi connectivity index (χ0) is 13.6. The molecule has 2 aromatic rings. The number of rotatable bonds is 5. The molecule has 0 unspecified atom stereocenters. The molecule has 2 heterocycles. The van der Waals surface area contributed by atoms with Crippen LogP contribution in [0.3, 0.4) is 0 Å². The average Bonchev–Trinajstić information content (AvgIpc) is 2.52. The van der Waals surface area contributed by atoms with Crippen LogP contribution in [0.1, 0.15) is 6.42 Å². The van der Waals surface area contributed by atoms with Crippen molar-refractivity contribution in [3.8, 4) is 0 Å². The quantitative estimate of drug-likeness (QED) is 0.815. The van der Waals surface area contributed by atoms with Gasteiger partial charge in [-0.25, -0.2) is 4.98 Å². The molecule has 106 valence electrons. The fourth-order valence-electron chi connectivity index (χ4n) is 2.62. The number of pyridine rings is 1. The molecule has 0 aliphatic carbocycles. The summed E-state index contributed by atoms with van der Waals surface area (Å²) in [5.41, 5.74) is 1.06. The Morgan fingerprint density at radius 3 is 2.85 bits per heavy atom. The van der Waals surface area contributed by atoms with Gasteiger partial charge in [0.2, 0.25) is 0 Å². The van der Waals surface area contributed by atoms with Gasteiger partial charge in [0.1, 0.15) is 5.82 Å². The Kier molecular flexibility index (Phi) is 4.46. The van der Waals surface area contributed by atoms with E-state index >= 15 is 0 Å². The molecule has 4 heteroatoms. The summed E-state index contributed by atoms with van der Waals surface area (Å²) in [6.07, 6.45) is 1.16. The molecule has 0 spiro atoms. The fraction of sp³-hybridized carbons (Fsp3) is 0.438. The van der Waals surface area contributed by atoms with Crippen LogP contribution < -0.4 is 10.6 Å². The molecule has 3 rings (SSSR count). The topological polar surface area (TPSA) is 40.2 Å². The molecule has 1 aliphatic heterocycles. The molecule has 1 saturated heterocycles. The highest BCUT2D eigenvalue weighted by molar-refractivity contribution is 5.79. The van der Waals surface area contributed by atoms with Crippen molar-refractivity contribution in [1.82, 2.24) is 15.2 Å². The first kappa shape index (κ1) is 13.3. The van der Waals surface area contributed by atoms with E-state index in [0.717, 1.165) is 37.4 Å². The number of hydrogen-bond donors (Lipinski definition) is 2. The van der Waals surface area contributed by atoms with Gasteiger partial charge in [-0.15, -0.1) is 0 Å². The lowest BCUT2D eigenvalue weighted by Crippen LogP contribution is -2.44. The summed E-state index contributed by atoms with van der Waals surface area (Å²) < 4.78 is 0. The largest absolute Gasteiger partial charge is 0.370 e. The van der Waals surface area contributed by atoms with E-state index < -0.39 is 0 Å². The lowest BCUT2D eigenvalue weighted by atomic mass is 10.2. The number of hydrogen-bond acceptors (Lipinski definition) is 4. The summed E-state index contributed by atoms with van der Waals surface area (Å²) in [5.74, 6) is 0.976. The van der Waals surface area contributed by atoms with E-state index in [1.165, 1.54) is 25.0 Å². The molecule has 1 aromatic heterocycles. The Morgan fingerprint density at radius 2 is 1.95 bits per heavy atom. The minimum atomic E-state index is 0.976. The lowest BCUT2D eigenvalue weighted by molar-refractivity contribution is 0.240. The number of nitrogens with one attached hydrogen (secondary N) is 2. The van der Waals surface area contributed by atoms with E-state index in [2.05, 4.69) is 44.8 Å². The second kappa shape index (κ2) is 6.68. The number of benzene rings is 1. The van der Waals surface area contributed by atoms with Crippen LogP contribution in [0.2, 0.25) is 0 Å². The monoisotopic (exact) mass is 270 g/mol. The maximum Gasteiger partial charge on any atom is 0.126 e. The van der Waals surface area contributed by atoms with Gasteiger partial charge in [-0.2, -0.15) is 0 Å². The Morgan fingerprint density at radius 1 is 1.10 bits per heavy atom. The highest BCUT2D eigenvalue weighted by Gasteiger charge is 2.08. The number of fused-ring (bicyclic) bond motifs is 1. The van der Waals surface area contributed by atoms with Gasteiger partial charge in [0.05, 0.1) is 5.52 Å². The lowest BCUT2D eigenvalue weighted by Gasteiger charge is -2.27. The first-order valence-corrected chi connectivity index (χ1v) is 7.44. The van der Waals surface area contributed by atoms with Gasteiger partial charge in [0.15, 0.2) is 0 Å². The van der Waals surface area contributed by atoms with Crippen LogP contribution in [0.5, 0.6) is 0 Å². The molecule has 2 N–H and O–H groups in total. The standard InChI is InChI=1S/C16H22N4/c1-2-5-15-14(4-1)6-7-16(19-15)18-8-3-11-20-12-9-17-10-13-20/h1-2,4-7,17H,3,8-13H2,(H,18,19). The second-order valence-corrected chi connectivity index (χ2v) is 5.26. The van der Waals surface area contributed by atoms with Gasteiger partial charge >= 0.3 is 0 Å². The van der Waals surface area contributed by atoms with Crippen LogP contribution >= 0.6 is 0 Å². The number of nitrogens with zero attached hydrogens (tertiary/aromatic N) is 2. The van der Waals surface area contributed by atoms with E-state index in [-0.39, 0.29) is 0 Å². The number of piperazine rings is 1. The highest BCUT2D eigenvalue weighted by Crippen LogP contribution is 2.14. The summed E-state index contributed by atoms with van der Waals surface area (Å²) >= 11 is 0. The SMILES string of the molecule is c1ccc2nc(NCCCN3CCNCC3)ccc2c1. The van der Waals surface area contributed by atoms with Gasteiger partial charge in [-0.1, -0.05) is 18.2 Å². The van der Waals surface area contributed by atoms with Crippen LogP contribution in [-0.2, 0) is 0 Å². The molecular weight excluding hydrogens is 248 g/mol. The van der Waals surface area contributed by atoms with Crippen molar-refractivity contribution in [1.29, 1.82) is 0 Å².